The number of likely N-dealkylation sites (tertiary alicyclic amines) is 1. The van der Waals surface area contributed by atoms with Gasteiger partial charge in [0, 0.05) is 31.5 Å². The lowest BCUT2D eigenvalue weighted by Crippen LogP contribution is -2.43. The van der Waals surface area contributed by atoms with Gasteiger partial charge in [0.25, 0.3) is 5.56 Å². The Bertz CT molecular complexity index is 941. The van der Waals surface area contributed by atoms with E-state index in [1.54, 1.807) is 43.2 Å². The van der Waals surface area contributed by atoms with Crippen LogP contribution >= 0.6 is 0 Å². The van der Waals surface area contributed by atoms with Crippen molar-refractivity contribution in [3.05, 3.63) is 40.3 Å². The van der Waals surface area contributed by atoms with Crippen molar-refractivity contribution in [2.45, 2.75) is 32.6 Å². The van der Waals surface area contributed by atoms with Crippen molar-refractivity contribution < 1.29 is 19.1 Å². The number of piperidine rings is 1. The van der Waals surface area contributed by atoms with Gasteiger partial charge in [-0.05, 0) is 44.0 Å². The van der Waals surface area contributed by atoms with E-state index in [4.69, 9.17) is 9.47 Å². The van der Waals surface area contributed by atoms with Gasteiger partial charge in [-0.15, -0.1) is 10.2 Å². The lowest BCUT2D eigenvalue weighted by Gasteiger charge is -2.31. The highest BCUT2D eigenvalue weighted by Gasteiger charge is 2.29. The van der Waals surface area contributed by atoms with Gasteiger partial charge >= 0.3 is 5.97 Å². The predicted molar refractivity (Wildman–Crippen MR) is 109 cm³/mol. The van der Waals surface area contributed by atoms with Crippen LogP contribution in [0.4, 0.5) is 0 Å². The number of methoxy groups -OCH3 is 1. The van der Waals surface area contributed by atoms with Gasteiger partial charge in [-0.3, -0.25) is 14.4 Å². The summed E-state index contributed by atoms with van der Waals surface area (Å²) < 4.78 is 10.2. The lowest BCUT2D eigenvalue weighted by atomic mass is 9.98. The van der Waals surface area contributed by atoms with E-state index in [0.717, 1.165) is 12.8 Å². The summed E-state index contributed by atoms with van der Waals surface area (Å²) in [5, 5.41) is 8.09. The molecule has 1 fully saturated rings. The minimum Gasteiger partial charge on any atom is -0.497 e. The van der Waals surface area contributed by atoms with Gasteiger partial charge in [-0.1, -0.05) is 0 Å². The third kappa shape index (κ3) is 5.22. The van der Waals surface area contributed by atoms with Crippen molar-refractivity contribution in [3.8, 4) is 17.1 Å². The molecule has 1 aromatic heterocycles. The molecule has 160 valence electrons. The van der Waals surface area contributed by atoms with Gasteiger partial charge in [0.1, 0.15) is 11.4 Å². The van der Waals surface area contributed by atoms with E-state index in [0.29, 0.717) is 36.8 Å². The Morgan fingerprint density at radius 2 is 2.00 bits per heavy atom. The second-order valence-corrected chi connectivity index (χ2v) is 7.11. The third-order valence-corrected chi connectivity index (χ3v) is 5.10. The Morgan fingerprint density at radius 3 is 2.67 bits per heavy atom. The number of nitrogens with zero attached hydrogens (tertiary/aromatic N) is 3. The number of carbonyl (C=O) groups is 2. The van der Waals surface area contributed by atoms with Crippen molar-refractivity contribution in [1.82, 2.24) is 20.1 Å². The molecule has 30 heavy (non-hydrogen) atoms. The van der Waals surface area contributed by atoms with Gasteiger partial charge in [0.15, 0.2) is 5.82 Å². The van der Waals surface area contributed by atoms with E-state index in [1.165, 1.54) is 0 Å². The summed E-state index contributed by atoms with van der Waals surface area (Å²) in [7, 11) is 1.58. The third-order valence-electron chi connectivity index (χ3n) is 5.10. The molecule has 1 saturated heterocycles. The highest BCUT2D eigenvalue weighted by Crippen LogP contribution is 2.19. The molecule has 0 spiro atoms. The predicted octanol–water partition coefficient (Wildman–Crippen LogP) is 1.57. The highest BCUT2D eigenvalue weighted by atomic mass is 16.5. The van der Waals surface area contributed by atoms with Gasteiger partial charge < -0.3 is 19.4 Å². The standard InChI is InChI=1S/C21H26N4O5/c1-3-30-21(28)15-5-4-12-25(13-15)18(26)11-10-17-20(27)22-19(24-23-17)14-6-8-16(29-2)9-7-14/h6-9,15H,3-5,10-13H2,1-2H3,(H,22,24,27)/t15-/m0/s1. The zero-order valence-electron chi connectivity index (χ0n) is 17.2. The fraction of sp³-hybridized carbons (Fsp3) is 0.476. The zero-order valence-corrected chi connectivity index (χ0v) is 17.2. The Morgan fingerprint density at radius 1 is 1.23 bits per heavy atom. The number of rotatable bonds is 7. The monoisotopic (exact) mass is 414 g/mol. The van der Waals surface area contributed by atoms with Crippen LogP contribution in [0.1, 0.15) is 31.9 Å². The van der Waals surface area contributed by atoms with E-state index in [1.807, 2.05) is 0 Å². The molecule has 0 aliphatic carbocycles. The topological polar surface area (TPSA) is 114 Å². The Kier molecular flexibility index (Phi) is 7.16. The molecule has 1 aromatic carbocycles. The van der Waals surface area contributed by atoms with E-state index in [2.05, 4.69) is 15.2 Å². The Balaban J connectivity index is 1.59. The molecule has 0 radical (unpaired) electrons. The fourth-order valence-electron chi connectivity index (χ4n) is 3.44. The normalized spacial score (nSPS) is 16.2. The minimum absolute atomic E-state index is 0.107. The maximum Gasteiger partial charge on any atom is 0.310 e. The molecule has 3 rings (SSSR count). The number of aryl methyl sites for hydroxylation is 1. The molecule has 2 heterocycles. The number of esters is 1. The molecule has 0 saturated carbocycles. The van der Waals surface area contributed by atoms with Crippen LogP contribution in [0.25, 0.3) is 11.4 Å². The van der Waals surface area contributed by atoms with Gasteiger partial charge in [-0.2, -0.15) is 0 Å². The minimum atomic E-state index is -0.369. The van der Waals surface area contributed by atoms with E-state index in [9.17, 15) is 14.4 Å². The molecular formula is C21H26N4O5. The SMILES string of the molecule is CCOC(=O)[C@H]1CCCN(C(=O)CCc2nnc(-c3ccc(OC)cc3)[nH]c2=O)C1. The second-order valence-electron chi connectivity index (χ2n) is 7.11. The quantitative estimate of drug-likeness (QED) is 0.684. The van der Waals surface area contributed by atoms with Crippen LogP contribution in [0.2, 0.25) is 0 Å². The molecule has 2 aromatic rings. The molecule has 0 unspecified atom stereocenters. The molecule has 1 atom stereocenters. The van der Waals surface area contributed by atoms with E-state index in [-0.39, 0.29) is 41.9 Å². The van der Waals surface area contributed by atoms with Crippen molar-refractivity contribution in [2.75, 3.05) is 26.8 Å². The lowest BCUT2D eigenvalue weighted by molar-refractivity contribution is -0.151. The molecule has 1 aliphatic heterocycles. The summed E-state index contributed by atoms with van der Waals surface area (Å²) >= 11 is 0. The summed E-state index contributed by atoms with van der Waals surface area (Å²) in [6, 6.07) is 7.09. The number of nitrogens with one attached hydrogen (secondary N) is 1. The van der Waals surface area contributed by atoms with E-state index >= 15 is 0 Å². The molecular weight excluding hydrogens is 388 g/mol. The van der Waals surface area contributed by atoms with Crippen LogP contribution < -0.4 is 10.3 Å². The highest BCUT2D eigenvalue weighted by molar-refractivity contribution is 5.78. The van der Waals surface area contributed by atoms with Crippen molar-refractivity contribution in [3.63, 3.8) is 0 Å². The van der Waals surface area contributed by atoms with Crippen molar-refractivity contribution >= 4 is 11.9 Å². The first-order valence-corrected chi connectivity index (χ1v) is 10.1. The number of hydrogen-bond acceptors (Lipinski definition) is 7. The van der Waals surface area contributed by atoms with Crippen LogP contribution in [0.5, 0.6) is 5.75 Å². The summed E-state index contributed by atoms with van der Waals surface area (Å²) in [5.41, 5.74) is 0.549. The van der Waals surface area contributed by atoms with Crippen LogP contribution in [0, 0.1) is 5.92 Å². The first-order chi connectivity index (χ1) is 14.5. The average Bonchev–Trinajstić information content (AvgIpc) is 2.78. The second kappa shape index (κ2) is 10.00. The molecule has 1 aliphatic rings. The number of aromatic nitrogens is 3. The number of ether oxygens (including phenoxy) is 2. The first kappa shape index (κ1) is 21.5. The van der Waals surface area contributed by atoms with Crippen LogP contribution in [0.3, 0.4) is 0 Å². The van der Waals surface area contributed by atoms with Crippen LogP contribution in [-0.4, -0.2) is 58.8 Å². The molecule has 0 bridgehead atoms. The van der Waals surface area contributed by atoms with Gasteiger partial charge in [-0.25, -0.2) is 0 Å². The molecule has 1 N–H and O–H groups in total. The van der Waals surface area contributed by atoms with Crippen molar-refractivity contribution in [2.24, 2.45) is 5.92 Å². The number of benzene rings is 1. The van der Waals surface area contributed by atoms with Gasteiger partial charge in [0.05, 0.1) is 19.6 Å². The smallest absolute Gasteiger partial charge is 0.310 e. The number of hydrogen-bond donors (Lipinski definition) is 1. The molecule has 9 nitrogen and oxygen atoms in total. The average molecular weight is 414 g/mol. The molecule has 9 heteroatoms. The number of amides is 1. The maximum absolute atomic E-state index is 12.6. The summed E-state index contributed by atoms with van der Waals surface area (Å²) in [4.78, 5) is 41.3. The van der Waals surface area contributed by atoms with Crippen molar-refractivity contribution in [1.29, 1.82) is 0 Å². The van der Waals surface area contributed by atoms with Gasteiger partial charge in [0.2, 0.25) is 5.91 Å². The largest absolute Gasteiger partial charge is 0.497 e. The number of H-pyrrole nitrogens is 1. The fourth-order valence-corrected chi connectivity index (χ4v) is 3.44. The maximum atomic E-state index is 12.6. The summed E-state index contributed by atoms with van der Waals surface area (Å²) in [5.74, 6) is 0.406. The summed E-state index contributed by atoms with van der Waals surface area (Å²) in [6.07, 6.45) is 1.80. The van der Waals surface area contributed by atoms with Crippen LogP contribution in [0.15, 0.2) is 29.1 Å². The summed E-state index contributed by atoms with van der Waals surface area (Å²) in [6.45, 7) is 3.06. The van der Waals surface area contributed by atoms with Crippen LogP contribution in [-0.2, 0) is 20.7 Å². The zero-order chi connectivity index (χ0) is 21.5. The van der Waals surface area contributed by atoms with E-state index < -0.39 is 0 Å². The Hall–Kier alpha value is -3.23. The Labute approximate surface area is 174 Å². The number of aromatic amines is 1. The first-order valence-electron chi connectivity index (χ1n) is 10.1. The number of carbonyl (C=O) groups excluding carboxylic acids is 2. The molecule has 1 amide bonds.